The number of ether oxygens (including phenoxy) is 1. The summed E-state index contributed by atoms with van der Waals surface area (Å²) < 4.78 is 6.94. The van der Waals surface area contributed by atoms with Gasteiger partial charge < -0.3 is 4.74 Å². The fourth-order valence-electron chi connectivity index (χ4n) is 2.80. The average molecular weight is 304 g/mol. The van der Waals surface area contributed by atoms with Crippen molar-refractivity contribution in [2.75, 3.05) is 0 Å². The Balaban J connectivity index is 1.65. The van der Waals surface area contributed by atoms with Gasteiger partial charge in [-0.05, 0) is 38.5 Å². The number of esters is 1. The SMILES string of the molecule is O=C(OCc1cc(=O)n2c3c(sc2n1)CCCC3)C1CC1. The molecule has 4 rings (SSSR count). The number of hydrogen-bond donors (Lipinski definition) is 0. The fraction of sp³-hybridized carbons (Fsp3) is 0.533. The monoisotopic (exact) mass is 304 g/mol. The Morgan fingerprint density at radius 2 is 2.19 bits per heavy atom. The van der Waals surface area contributed by atoms with Crippen LogP contribution >= 0.6 is 11.3 Å². The molecule has 2 aliphatic rings. The number of fused-ring (bicyclic) bond motifs is 3. The lowest BCUT2D eigenvalue weighted by Gasteiger charge is -2.10. The van der Waals surface area contributed by atoms with E-state index in [2.05, 4.69) is 4.98 Å². The van der Waals surface area contributed by atoms with Crippen LogP contribution in [-0.2, 0) is 29.0 Å². The Morgan fingerprint density at radius 1 is 1.38 bits per heavy atom. The molecule has 2 aliphatic carbocycles. The van der Waals surface area contributed by atoms with E-state index in [-0.39, 0.29) is 24.1 Å². The molecule has 2 aromatic rings. The predicted octanol–water partition coefficient (Wildman–Crippen LogP) is 2.09. The summed E-state index contributed by atoms with van der Waals surface area (Å²) in [5.41, 5.74) is 1.62. The van der Waals surface area contributed by atoms with E-state index >= 15 is 0 Å². The normalized spacial score (nSPS) is 17.7. The van der Waals surface area contributed by atoms with E-state index in [1.165, 1.54) is 17.4 Å². The molecule has 2 heterocycles. The van der Waals surface area contributed by atoms with E-state index in [9.17, 15) is 9.59 Å². The van der Waals surface area contributed by atoms with Gasteiger partial charge in [-0.1, -0.05) is 0 Å². The predicted molar refractivity (Wildman–Crippen MR) is 78.5 cm³/mol. The molecule has 0 saturated heterocycles. The Bertz CT molecular complexity index is 773. The molecule has 6 heteroatoms. The minimum atomic E-state index is -0.164. The van der Waals surface area contributed by atoms with E-state index in [1.807, 2.05) is 0 Å². The summed E-state index contributed by atoms with van der Waals surface area (Å²) >= 11 is 1.59. The number of hydrogen-bond acceptors (Lipinski definition) is 5. The van der Waals surface area contributed by atoms with Gasteiger partial charge in [-0.2, -0.15) is 0 Å². The molecule has 0 unspecified atom stereocenters. The van der Waals surface area contributed by atoms with Crippen LogP contribution in [0.4, 0.5) is 0 Å². The third-order valence-electron chi connectivity index (χ3n) is 4.09. The zero-order chi connectivity index (χ0) is 14.4. The molecule has 0 radical (unpaired) electrons. The lowest BCUT2D eigenvalue weighted by Crippen LogP contribution is -2.18. The summed E-state index contributed by atoms with van der Waals surface area (Å²) in [5, 5.41) is 0. The van der Waals surface area contributed by atoms with Gasteiger partial charge in [-0.15, -0.1) is 11.3 Å². The first kappa shape index (κ1) is 13.0. The summed E-state index contributed by atoms with van der Waals surface area (Å²) in [7, 11) is 0. The maximum atomic E-state index is 12.3. The Morgan fingerprint density at radius 3 is 3.00 bits per heavy atom. The molecule has 0 bridgehead atoms. The zero-order valence-electron chi connectivity index (χ0n) is 11.6. The standard InChI is InChI=1S/C15H16N2O3S/c18-13-7-10(8-20-14(19)9-5-6-9)16-15-17(13)11-3-1-2-4-12(11)21-15/h7,9H,1-6,8H2. The van der Waals surface area contributed by atoms with Gasteiger partial charge in [0.25, 0.3) is 5.56 Å². The van der Waals surface area contributed by atoms with Crippen LogP contribution in [0.1, 0.15) is 41.9 Å². The third kappa shape index (κ3) is 2.37. The van der Waals surface area contributed by atoms with Crippen LogP contribution in [0.3, 0.4) is 0 Å². The summed E-state index contributed by atoms with van der Waals surface area (Å²) in [5.74, 6) is -0.0913. The second-order valence-electron chi connectivity index (χ2n) is 5.76. The highest BCUT2D eigenvalue weighted by Gasteiger charge is 2.31. The molecule has 1 saturated carbocycles. The van der Waals surface area contributed by atoms with E-state index in [0.717, 1.165) is 42.8 Å². The average Bonchev–Trinajstić information content (AvgIpc) is 3.25. The van der Waals surface area contributed by atoms with Crippen molar-refractivity contribution in [3.8, 4) is 0 Å². The van der Waals surface area contributed by atoms with Crippen molar-refractivity contribution >= 4 is 22.3 Å². The molecule has 0 N–H and O–H groups in total. The van der Waals surface area contributed by atoms with Gasteiger partial charge in [0.2, 0.25) is 0 Å². The molecule has 0 atom stereocenters. The minimum absolute atomic E-state index is 0.0585. The van der Waals surface area contributed by atoms with Crippen LogP contribution < -0.4 is 5.56 Å². The van der Waals surface area contributed by atoms with Gasteiger partial charge in [0.05, 0.1) is 11.6 Å². The van der Waals surface area contributed by atoms with Crippen molar-refractivity contribution in [1.29, 1.82) is 0 Å². The topological polar surface area (TPSA) is 60.7 Å². The van der Waals surface area contributed by atoms with Gasteiger partial charge in [-0.25, -0.2) is 4.98 Å². The lowest BCUT2D eigenvalue weighted by atomic mass is 10.0. The van der Waals surface area contributed by atoms with Crippen LogP contribution in [-0.4, -0.2) is 15.4 Å². The molecule has 0 amide bonds. The first-order valence-corrected chi connectivity index (χ1v) is 8.24. The van der Waals surface area contributed by atoms with Crippen molar-refractivity contribution in [1.82, 2.24) is 9.38 Å². The van der Waals surface area contributed by atoms with Crippen molar-refractivity contribution < 1.29 is 9.53 Å². The van der Waals surface area contributed by atoms with Gasteiger partial charge in [-0.3, -0.25) is 14.0 Å². The molecule has 2 aromatic heterocycles. The summed E-state index contributed by atoms with van der Waals surface area (Å²) in [4.78, 5) is 30.4. The minimum Gasteiger partial charge on any atom is -0.459 e. The highest BCUT2D eigenvalue weighted by molar-refractivity contribution is 7.17. The fourth-order valence-corrected chi connectivity index (χ4v) is 4.03. The van der Waals surface area contributed by atoms with Gasteiger partial charge in [0.1, 0.15) is 6.61 Å². The molecule has 0 aromatic carbocycles. The lowest BCUT2D eigenvalue weighted by molar-refractivity contribution is -0.146. The number of aromatic nitrogens is 2. The number of rotatable bonds is 3. The van der Waals surface area contributed by atoms with Crippen molar-refractivity contribution in [3.05, 3.63) is 32.7 Å². The molecular formula is C15H16N2O3S. The van der Waals surface area contributed by atoms with Crippen LogP contribution in [0.5, 0.6) is 0 Å². The number of nitrogens with zero attached hydrogens (tertiary/aromatic N) is 2. The van der Waals surface area contributed by atoms with Crippen LogP contribution in [0.15, 0.2) is 10.9 Å². The molecule has 110 valence electrons. The second kappa shape index (κ2) is 4.94. The molecule has 0 spiro atoms. The highest BCUT2D eigenvalue weighted by atomic mass is 32.1. The Kier molecular flexibility index (Phi) is 3.06. The molecule has 5 nitrogen and oxygen atoms in total. The summed E-state index contributed by atoms with van der Waals surface area (Å²) in [6.07, 6.45) is 6.14. The number of thiazole rings is 1. The maximum absolute atomic E-state index is 12.3. The maximum Gasteiger partial charge on any atom is 0.309 e. The van der Waals surface area contributed by atoms with Crippen LogP contribution in [0, 0.1) is 5.92 Å². The first-order valence-electron chi connectivity index (χ1n) is 7.42. The van der Waals surface area contributed by atoms with Gasteiger partial charge >= 0.3 is 5.97 Å². The Labute approximate surface area is 125 Å². The molecule has 0 aliphatic heterocycles. The quantitative estimate of drug-likeness (QED) is 0.815. The number of carbonyl (C=O) groups is 1. The van der Waals surface area contributed by atoms with Crippen molar-refractivity contribution in [2.45, 2.75) is 45.1 Å². The van der Waals surface area contributed by atoms with Crippen molar-refractivity contribution in [3.63, 3.8) is 0 Å². The summed E-state index contributed by atoms with van der Waals surface area (Å²) in [6.45, 7) is 0.101. The van der Waals surface area contributed by atoms with Gasteiger partial charge in [0, 0.05) is 16.6 Å². The van der Waals surface area contributed by atoms with Crippen LogP contribution in [0.25, 0.3) is 4.96 Å². The highest BCUT2D eigenvalue weighted by Crippen LogP contribution is 2.30. The third-order valence-corrected chi connectivity index (χ3v) is 5.23. The van der Waals surface area contributed by atoms with Gasteiger partial charge in [0.15, 0.2) is 4.96 Å². The van der Waals surface area contributed by atoms with E-state index < -0.39 is 0 Å². The summed E-state index contributed by atoms with van der Waals surface area (Å²) in [6, 6.07) is 1.49. The van der Waals surface area contributed by atoms with Crippen LogP contribution in [0.2, 0.25) is 0 Å². The van der Waals surface area contributed by atoms with E-state index in [4.69, 9.17) is 4.74 Å². The smallest absolute Gasteiger partial charge is 0.309 e. The molecule has 1 fully saturated rings. The first-order chi connectivity index (χ1) is 10.2. The largest absolute Gasteiger partial charge is 0.459 e. The zero-order valence-corrected chi connectivity index (χ0v) is 12.4. The second-order valence-corrected chi connectivity index (χ2v) is 6.83. The number of carbonyl (C=O) groups excluding carboxylic acids is 1. The Hall–Kier alpha value is -1.69. The number of aryl methyl sites for hydroxylation is 2. The molecular weight excluding hydrogens is 288 g/mol. The molecule has 21 heavy (non-hydrogen) atoms. The van der Waals surface area contributed by atoms with Crippen molar-refractivity contribution in [2.24, 2.45) is 5.92 Å². The van der Waals surface area contributed by atoms with E-state index in [1.54, 1.807) is 15.7 Å². The van der Waals surface area contributed by atoms with E-state index in [0.29, 0.717) is 5.69 Å².